The Morgan fingerprint density at radius 3 is 2.69 bits per heavy atom. The molecule has 2 amide bonds. The van der Waals surface area contributed by atoms with Crippen molar-refractivity contribution in [1.29, 1.82) is 0 Å². The first-order valence-corrected chi connectivity index (χ1v) is 10.2. The molecule has 1 aromatic carbocycles. The Labute approximate surface area is 171 Å². The number of carbonyl (C=O) groups excluding carboxylic acids is 2. The van der Waals surface area contributed by atoms with Crippen LogP contribution in [0, 0.1) is 18.8 Å². The molecule has 0 aliphatic carbocycles. The van der Waals surface area contributed by atoms with E-state index in [1.54, 1.807) is 24.5 Å². The minimum atomic E-state index is -0.0270. The van der Waals surface area contributed by atoms with Crippen LogP contribution in [0.5, 0.6) is 0 Å². The molecule has 0 spiro atoms. The van der Waals surface area contributed by atoms with Gasteiger partial charge < -0.3 is 14.5 Å². The third-order valence-electron chi connectivity index (χ3n) is 6.12. The molecule has 0 saturated carbocycles. The van der Waals surface area contributed by atoms with Crippen LogP contribution in [0.25, 0.3) is 0 Å². The van der Waals surface area contributed by atoms with Gasteiger partial charge in [-0.15, -0.1) is 0 Å². The Hall–Kier alpha value is -2.73. The highest BCUT2D eigenvalue weighted by Gasteiger charge is 2.50. The number of rotatable bonds is 5. The lowest BCUT2D eigenvalue weighted by Crippen LogP contribution is -2.39. The van der Waals surface area contributed by atoms with Crippen molar-refractivity contribution in [2.75, 3.05) is 32.8 Å². The molecule has 0 unspecified atom stereocenters. The van der Waals surface area contributed by atoms with Gasteiger partial charge in [0.25, 0.3) is 5.91 Å². The van der Waals surface area contributed by atoms with Gasteiger partial charge in [-0.25, -0.2) is 0 Å². The molecule has 6 heteroatoms. The van der Waals surface area contributed by atoms with Gasteiger partial charge in [-0.05, 0) is 37.1 Å². The molecule has 152 valence electrons. The zero-order chi connectivity index (χ0) is 20.4. The molecule has 0 radical (unpaired) electrons. The number of aromatic nitrogens is 1. The molecule has 2 fully saturated rings. The van der Waals surface area contributed by atoms with Crippen molar-refractivity contribution in [3.8, 4) is 0 Å². The molecule has 2 saturated heterocycles. The minimum absolute atomic E-state index is 0.0169. The zero-order valence-corrected chi connectivity index (χ0v) is 17.0. The number of aryl methyl sites for hydroxylation is 1. The summed E-state index contributed by atoms with van der Waals surface area (Å²) >= 11 is 0. The second-order valence-corrected chi connectivity index (χ2v) is 7.86. The van der Waals surface area contributed by atoms with E-state index < -0.39 is 0 Å². The van der Waals surface area contributed by atoms with Crippen molar-refractivity contribution in [3.63, 3.8) is 0 Å². The third-order valence-corrected chi connectivity index (χ3v) is 6.12. The summed E-state index contributed by atoms with van der Waals surface area (Å²) in [6.07, 6.45) is 3.29. The van der Waals surface area contributed by atoms with Crippen LogP contribution in [-0.2, 0) is 9.53 Å². The lowest BCUT2D eigenvalue weighted by molar-refractivity contribution is -0.137. The van der Waals surface area contributed by atoms with E-state index in [0.29, 0.717) is 31.8 Å². The molecule has 2 aromatic rings. The number of benzene rings is 1. The van der Waals surface area contributed by atoms with Crippen LogP contribution in [0.4, 0.5) is 0 Å². The molecule has 29 heavy (non-hydrogen) atoms. The van der Waals surface area contributed by atoms with Gasteiger partial charge in [0.1, 0.15) is 6.61 Å². The number of carbonyl (C=O) groups is 2. The summed E-state index contributed by atoms with van der Waals surface area (Å²) in [6, 6.07) is 11.8. The minimum Gasteiger partial charge on any atom is -0.372 e. The Bertz CT molecular complexity index is 886. The highest BCUT2D eigenvalue weighted by Crippen LogP contribution is 2.46. The fourth-order valence-electron chi connectivity index (χ4n) is 4.73. The van der Waals surface area contributed by atoms with Crippen molar-refractivity contribution < 1.29 is 14.3 Å². The van der Waals surface area contributed by atoms with E-state index in [1.165, 1.54) is 11.1 Å². The standard InChI is InChI=1S/C23H27N3O3/c1-3-29-15-21(27)26-13-18-12-25(23(28)17-8-6-10-24-11-17)14-20(18)22(26)19-9-5-4-7-16(19)2/h4-11,18,20,22H,3,12-15H2,1-2H3/t18-,20-,22+/m0/s1. The van der Waals surface area contributed by atoms with Gasteiger partial charge in [-0.1, -0.05) is 24.3 Å². The Kier molecular flexibility index (Phi) is 5.62. The molecule has 0 N–H and O–H groups in total. The van der Waals surface area contributed by atoms with E-state index >= 15 is 0 Å². The second kappa shape index (κ2) is 8.33. The van der Waals surface area contributed by atoms with Gasteiger partial charge in [0.05, 0.1) is 11.6 Å². The van der Waals surface area contributed by atoms with Crippen LogP contribution >= 0.6 is 0 Å². The Morgan fingerprint density at radius 2 is 1.97 bits per heavy atom. The second-order valence-electron chi connectivity index (χ2n) is 7.86. The molecule has 2 aliphatic rings. The zero-order valence-electron chi connectivity index (χ0n) is 17.0. The number of likely N-dealkylation sites (tertiary alicyclic amines) is 2. The molecular formula is C23H27N3O3. The summed E-state index contributed by atoms with van der Waals surface area (Å²) in [5, 5.41) is 0. The Balaban J connectivity index is 1.59. The van der Waals surface area contributed by atoms with Crippen molar-refractivity contribution in [2.24, 2.45) is 11.8 Å². The molecule has 3 heterocycles. The number of hydrogen-bond acceptors (Lipinski definition) is 4. The highest BCUT2D eigenvalue weighted by molar-refractivity contribution is 5.94. The summed E-state index contributed by atoms with van der Waals surface area (Å²) < 4.78 is 5.40. The predicted molar refractivity (Wildman–Crippen MR) is 109 cm³/mol. The number of hydrogen-bond donors (Lipinski definition) is 0. The highest BCUT2D eigenvalue weighted by atomic mass is 16.5. The molecular weight excluding hydrogens is 366 g/mol. The fourth-order valence-corrected chi connectivity index (χ4v) is 4.73. The first-order chi connectivity index (χ1) is 14.1. The number of pyridine rings is 1. The summed E-state index contributed by atoms with van der Waals surface area (Å²) in [5.41, 5.74) is 2.95. The summed E-state index contributed by atoms with van der Waals surface area (Å²) in [7, 11) is 0. The average Bonchev–Trinajstić information content (AvgIpc) is 3.31. The van der Waals surface area contributed by atoms with E-state index in [-0.39, 0.29) is 36.3 Å². The molecule has 6 nitrogen and oxygen atoms in total. The van der Waals surface area contributed by atoms with Gasteiger partial charge in [0.15, 0.2) is 0 Å². The normalized spacial score (nSPS) is 23.3. The monoisotopic (exact) mass is 393 g/mol. The van der Waals surface area contributed by atoms with Crippen LogP contribution in [0.2, 0.25) is 0 Å². The van der Waals surface area contributed by atoms with Crippen LogP contribution in [-0.4, -0.2) is 59.4 Å². The van der Waals surface area contributed by atoms with Gasteiger partial charge in [-0.3, -0.25) is 14.6 Å². The van der Waals surface area contributed by atoms with Gasteiger partial charge in [0, 0.05) is 50.5 Å². The number of fused-ring (bicyclic) bond motifs is 1. The van der Waals surface area contributed by atoms with E-state index in [0.717, 1.165) is 0 Å². The molecule has 3 atom stereocenters. The lowest BCUT2D eigenvalue weighted by atomic mass is 9.87. The van der Waals surface area contributed by atoms with Crippen LogP contribution < -0.4 is 0 Å². The summed E-state index contributed by atoms with van der Waals surface area (Å²) in [5.74, 6) is 0.538. The largest absolute Gasteiger partial charge is 0.372 e. The van der Waals surface area contributed by atoms with E-state index in [9.17, 15) is 9.59 Å². The van der Waals surface area contributed by atoms with Crippen molar-refractivity contribution in [3.05, 3.63) is 65.5 Å². The molecule has 2 aliphatic heterocycles. The van der Waals surface area contributed by atoms with E-state index in [2.05, 4.69) is 24.0 Å². The van der Waals surface area contributed by atoms with Crippen molar-refractivity contribution in [1.82, 2.24) is 14.8 Å². The summed E-state index contributed by atoms with van der Waals surface area (Å²) in [4.78, 5) is 33.8. The van der Waals surface area contributed by atoms with Gasteiger partial charge in [0.2, 0.25) is 5.91 Å². The van der Waals surface area contributed by atoms with Crippen LogP contribution in [0.3, 0.4) is 0 Å². The lowest BCUT2D eigenvalue weighted by Gasteiger charge is -2.31. The van der Waals surface area contributed by atoms with Gasteiger partial charge in [-0.2, -0.15) is 0 Å². The maximum Gasteiger partial charge on any atom is 0.255 e. The quantitative estimate of drug-likeness (QED) is 0.784. The Morgan fingerprint density at radius 1 is 1.14 bits per heavy atom. The van der Waals surface area contributed by atoms with E-state index in [4.69, 9.17) is 4.74 Å². The average molecular weight is 393 g/mol. The molecule has 0 bridgehead atoms. The smallest absolute Gasteiger partial charge is 0.255 e. The van der Waals surface area contributed by atoms with Crippen molar-refractivity contribution in [2.45, 2.75) is 19.9 Å². The van der Waals surface area contributed by atoms with E-state index in [1.807, 2.05) is 28.9 Å². The molecule has 1 aromatic heterocycles. The first kappa shape index (κ1) is 19.6. The molecule has 4 rings (SSSR count). The topological polar surface area (TPSA) is 62.7 Å². The maximum atomic E-state index is 12.9. The van der Waals surface area contributed by atoms with Crippen LogP contribution in [0.1, 0.15) is 34.5 Å². The van der Waals surface area contributed by atoms with Crippen molar-refractivity contribution >= 4 is 11.8 Å². The maximum absolute atomic E-state index is 12.9. The first-order valence-electron chi connectivity index (χ1n) is 10.2. The predicted octanol–water partition coefficient (Wildman–Crippen LogP) is 2.70. The van der Waals surface area contributed by atoms with Gasteiger partial charge >= 0.3 is 0 Å². The summed E-state index contributed by atoms with van der Waals surface area (Å²) in [6.45, 7) is 6.58. The number of nitrogens with zero attached hydrogens (tertiary/aromatic N) is 3. The number of ether oxygens (including phenoxy) is 1. The third kappa shape index (κ3) is 3.77. The fraction of sp³-hybridized carbons (Fsp3) is 0.435. The van der Waals surface area contributed by atoms with Crippen LogP contribution in [0.15, 0.2) is 48.8 Å². The SMILES string of the molecule is CCOCC(=O)N1C[C@@H]2CN(C(=O)c3cccnc3)C[C@@H]2[C@H]1c1ccccc1C. The number of amides is 2.